The summed E-state index contributed by atoms with van der Waals surface area (Å²) in [6.45, 7) is 4.93. The van der Waals surface area contributed by atoms with Gasteiger partial charge in [0.25, 0.3) is 0 Å². The molecular weight excluding hydrogens is 507 g/mol. The maximum Gasteiger partial charge on any atom is 0.226 e. The van der Waals surface area contributed by atoms with E-state index in [-0.39, 0.29) is 24.0 Å². The first-order valence-corrected chi connectivity index (χ1v) is 10.0. The van der Waals surface area contributed by atoms with Crippen LogP contribution in [0.2, 0.25) is 0 Å². The Hall–Kier alpha value is -2.59. The molecule has 0 amide bonds. The van der Waals surface area contributed by atoms with Gasteiger partial charge in [0, 0.05) is 19.2 Å². The number of methoxy groups -OCH3 is 1. The topological polar surface area (TPSA) is 80.9 Å². The first-order chi connectivity index (χ1) is 14.8. The van der Waals surface area contributed by atoms with E-state index in [4.69, 9.17) is 13.9 Å². The van der Waals surface area contributed by atoms with Gasteiger partial charge in [-0.3, -0.25) is 0 Å². The number of hydrogen-bond acceptors (Lipinski definition) is 5. The molecule has 8 heteroatoms. The van der Waals surface area contributed by atoms with Crippen molar-refractivity contribution < 1.29 is 13.9 Å². The molecule has 1 heterocycles. The quantitative estimate of drug-likeness (QED) is 0.175. The Morgan fingerprint density at radius 2 is 1.90 bits per heavy atom. The Balaban J connectivity index is 0.00000341. The summed E-state index contributed by atoms with van der Waals surface area (Å²) in [4.78, 5) is 9.20. The number of guanidine groups is 1. The summed E-state index contributed by atoms with van der Waals surface area (Å²) in [5, 5.41) is 6.55. The van der Waals surface area contributed by atoms with Crippen molar-refractivity contribution in [2.24, 2.45) is 4.99 Å². The fraction of sp³-hybridized carbons (Fsp3) is 0.304. The zero-order valence-electron chi connectivity index (χ0n) is 17.8. The molecule has 0 aliphatic carbocycles. The highest BCUT2D eigenvalue weighted by Gasteiger charge is 2.07. The first kappa shape index (κ1) is 24.7. The summed E-state index contributed by atoms with van der Waals surface area (Å²) in [5.74, 6) is 2.14. The van der Waals surface area contributed by atoms with Gasteiger partial charge in [0.05, 0.1) is 25.4 Å². The fourth-order valence-corrected chi connectivity index (χ4v) is 2.76. The summed E-state index contributed by atoms with van der Waals surface area (Å²) < 4.78 is 16.3. The van der Waals surface area contributed by atoms with Crippen molar-refractivity contribution in [1.29, 1.82) is 0 Å². The number of nitrogens with one attached hydrogen (secondary N) is 2. The Labute approximate surface area is 200 Å². The molecule has 0 aliphatic rings. The van der Waals surface area contributed by atoms with Crippen LogP contribution in [0.25, 0.3) is 11.5 Å². The van der Waals surface area contributed by atoms with Gasteiger partial charge in [-0.05, 0) is 36.8 Å². The molecule has 1 aromatic heterocycles. The molecule has 0 spiro atoms. The summed E-state index contributed by atoms with van der Waals surface area (Å²) >= 11 is 0. The monoisotopic (exact) mass is 536 g/mol. The van der Waals surface area contributed by atoms with Gasteiger partial charge in [-0.25, -0.2) is 9.98 Å². The minimum absolute atomic E-state index is 0. The van der Waals surface area contributed by atoms with E-state index in [2.05, 4.69) is 20.6 Å². The lowest BCUT2D eigenvalue weighted by Crippen LogP contribution is -2.36. The lowest BCUT2D eigenvalue weighted by atomic mass is 10.2. The molecule has 2 aromatic carbocycles. The first-order valence-electron chi connectivity index (χ1n) is 10.0. The number of aromatic nitrogens is 1. The van der Waals surface area contributed by atoms with Crippen molar-refractivity contribution in [2.45, 2.75) is 20.0 Å². The average Bonchev–Trinajstić information content (AvgIpc) is 3.26. The standard InChI is InChI=1S/C23H28N4O3.HI/c1-3-24-23(25-15-18-8-7-11-21(14-18)29-13-12-28-2)26-16-20-17-30-22(27-20)19-9-5-4-6-10-19;/h4-11,14,17H,3,12-13,15-16H2,1-2H3,(H2,24,25,26);1H. The second-order valence-electron chi connectivity index (χ2n) is 6.55. The molecule has 0 bridgehead atoms. The molecular formula is C23H29IN4O3. The highest BCUT2D eigenvalue weighted by molar-refractivity contribution is 14.0. The highest BCUT2D eigenvalue weighted by atomic mass is 127. The third-order valence-corrected chi connectivity index (χ3v) is 4.23. The summed E-state index contributed by atoms with van der Waals surface area (Å²) in [5.41, 5.74) is 2.83. The number of aliphatic imine (C=N–C) groups is 1. The Kier molecular flexibility index (Phi) is 10.9. The zero-order chi connectivity index (χ0) is 21.0. The second-order valence-corrected chi connectivity index (χ2v) is 6.55. The van der Waals surface area contributed by atoms with Crippen LogP contribution in [0.3, 0.4) is 0 Å². The summed E-state index contributed by atoms with van der Waals surface area (Å²) in [6, 6.07) is 17.8. The van der Waals surface area contributed by atoms with E-state index < -0.39 is 0 Å². The SMILES string of the molecule is CCNC(=NCc1cccc(OCCOC)c1)NCc1coc(-c2ccccc2)n1.I. The van der Waals surface area contributed by atoms with Crippen molar-refractivity contribution in [3.05, 3.63) is 72.1 Å². The maximum atomic E-state index is 5.66. The van der Waals surface area contributed by atoms with Crippen LogP contribution >= 0.6 is 24.0 Å². The van der Waals surface area contributed by atoms with Gasteiger partial charge in [0.2, 0.25) is 5.89 Å². The van der Waals surface area contributed by atoms with Crippen molar-refractivity contribution in [3.8, 4) is 17.2 Å². The minimum atomic E-state index is 0. The molecule has 31 heavy (non-hydrogen) atoms. The van der Waals surface area contributed by atoms with Crippen LogP contribution in [-0.2, 0) is 17.8 Å². The molecule has 2 N–H and O–H groups in total. The van der Waals surface area contributed by atoms with Crippen LogP contribution in [0, 0.1) is 0 Å². The van der Waals surface area contributed by atoms with Gasteiger partial charge < -0.3 is 24.5 Å². The zero-order valence-corrected chi connectivity index (χ0v) is 20.2. The van der Waals surface area contributed by atoms with E-state index in [1.807, 2.05) is 61.5 Å². The smallest absolute Gasteiger partial charge is 0.226 e. The largest absolute Gasteiger partial charge is 0.491 e. The third kappa shape index (κ3) is 8.22. The molecule has 0 saturated carbocycles. The molecule has 0 radical (unpaired) electrons. The van der Waals surface area contributed by atoms with Crippen LogP contribution in [0.15, 0.2) is 70.3 Å². The molecule has 0 saturated heterocycles. The molecule has 7 nitrogen and oxygen atoms in total. The average molecular weight is 536 g/mol. The van der Waals surface area contributed by atoms with E-state index in [1.165, 1.54) is 0 Å². The van der Waals surface area contributed by atoms with E-state index >= 15 is 0 Å². The minimum Gasteiger partial charge on any atom is -0.491 e. The Morgan fingerprint density at radius 1 is 1.06 bits per heavy atom. The number of benzene rings is 2. The predicted molar refractivity (Wildman–Crippen MR) is 133 cm³/mol. The van der Waals surface area contributed by atoms with Crippen molar-refractivity contribution in [2.75, 3.05) is 26.9 Å². The van der Waals surface area contributed by atoms with Gasteiger partial charge in [0.15, 0.2) is 5.96 Å². The number of oxazole rings is 1. The lowest BCUT2D eigenvalue weighted by Gasteiger charge is -2.10. The van der Waals surface area contributed by atoms with Crippen LogP contribution in [0.5, 0.6) is 5.75 Å². The van der Waals surface area contributed by atoms with Gasteiger partial charge in [-0.2, -0.15) is 0 Å². The molecule has 3 rings (SSSR count). The summed E-state index contributed by atoms with van der Waals surface area (Å²) in [7, 11) is 1.66. The second kappa shape index (κ2) is 13.7. The number of rotatable bonds is 10. The molecule has 3 aromatic rings. The maximum absolute atomic E-state index is 5.66. The Morgan fingerprint density at radius 3 is 2.68 bits per heavy atom. The number of ether oxygens (including phenoxy) is 2. The predicted octanol–water partition coefficient (Wildman–Crippen LogP) is 4.24. The van der Waals surface area contributed by atoms with E-state index in [9.17, 15) is 0 Å². The van der Waals surface area contributed by atoms with Crippen LogP contribution in [0.4, 0.5) is 0 Å². The molecule has 0 atom stereocenters. The van der Waals surface area contributed by atoms with Crippen molar-refractivity contribution in [1.82, 2.24) is 15.6 Å². The van der Waals surface area contributed by atoms with E-state index in [0.717, 1.165) is 29.1 Å². The summed E-state index contributed by atoms with van der Waals surface area (Å²) in [6.07, 6.45) is 1.67. The molecule has 166 valence electrons. The van der Waals surface area contributed by atoms with Crippen LogP contribution in [0.1, 0.15) is 18.2 Å². The van der Waals surface area contributed by atoms with E-state index in [0.29, 0.717) is 38.2 Å². The van der Waals surface area contributed by atoms with Crippen LogP contribution in [-0.4, -0.2) is 37.8 Å². The van der Waals surface area contributed by atoms with Crippen molar-refractivity contribution in [3.63, 3.8) is 0 Å². The van der Waals surface area contributed by atoms with Gasteiger partial charge in [-0.1, -0.05) is 30.3 Å². The molecule has 0 aliphatic heterocycles. The number of hydrogen-bond donors (Lipinski definition) is 2. The van der Waals surface area contributed by atoms with Gasteiger partial charge in [-0.15, -0.1) is 24.0 Å². The third-order valence-electron chi connectivity index (χ3n) is 4.23. The highest BCUT2D eigenvalue weighted by Crippen LogP contribution is 2.18. The number of nitrogens with zero attached hydrogens (tertiary/aromatic N) is 2. The molecule has 0 unspecified atom stereocenters. The normalized spacial score (nSPS) is 11.0. The lowest BCUT2D eigenvalue weighted by molar-refractivity contribution is 0.146. The Bertz CT molecular complexity index is 931. The fourth-order valence-electron chi connectivity index (χ4n) is 2.76. The van der Waals surface area contributed by atoms with E-state index in [1.54, 1.807) is 13.4 Å². The van der Waals surface area contributed by atoms with Gasteiger partial charge >= 0.3 is 0 Å². The van der Waals surface area contributed by atoms with Crippen LogP contribution < -0.4 is 15.4 Å². The van der Waals surface area contributed by atoms with Crippen molar-refractivity contribution >= 4 is 29.9 Å². The number of halogens is 1. The molecule has 0 fully saturated rings. The van der Waals surface area contributed by atoms with Gasteiger partial charge in [0.1, 0.15) is 18.6 Å².